The Morgan fingerprint density at radius 1 is 1.43 bits per heavy atom. The summed E-state index contributed by atoms with van der Waals surface area (Å²) < 4.78 is 13.7. The molecule has 1 aromatic carbocycles. The molecule has 1 heterocycles. The lowest BCUT2D eigenvalue weighted by Crippen LogP contribution is -2.45. The molecule has 2 N–H and O–H groups in total. The Balaban J connectivity index is 2.07. The zero-order valence-corrected chi connectivity index (χ0v) is 12.4. The van der Waals surface area contributed by atoms with Crippen molar-refractivity contribution in [2.45, 2.75) is 38.3 Å². The third-order valence-corrected chi connectivity index (χ3v) is 3.65. The summed E-state index contributed by atoms with van der Waals surface area (Å²) in [6, 6.07) is 4.94. The van der Waals surface area contributed by atoms with E-state index in [1.54, 1.807) is 12.1 Å². The number of halogens is 1. The van der Waals surface area contributed by atoms with E-state index in [0.717, 1.165) is 24.9 Å². The number of likely N-dealkylation sites (tertiary alicyclic amines) is 1. The van der Waals surface area contributed by atoms with Gasteiger partial charge in [0.1, 0.15) is 5.82 Å². The summed E-state index contributed by atoms with van der Waals surface area (Å²) in [5, 5.41) is 18.8. The molecule has 21 heavy (non-hydrogen) atoms. The Morgan fingerprint density at radius 3 is 2.95 bits per heavy atom. The number of rotatable bonds is 3. The summed E-state index contributed by atoms with van der Waals surface area (Å²) in [6.45, 7) is 4.10. The summed E-state index contributed by atoms with van der Waals surface area (Å²) in [6.07, 6.45) is 2.14. The van der Waals surface area contributed by atoms with Crippen LogP contribution in [-0.4, -0.2) is 40.4 Å². The fourth-order valence-electron chi connectivity index (χ4n) is 2.70. The molecule has 0 amide bonds. The highest BCUT2D eigenvalue weighted by Crippen LogP contribution is 2.22. The molecule has 1 aliphatic heterocycles. The van der Waals surface area contributed by atoms with E-state index in [1.807, 2.05) is 6.92 Å². The first-order valence-corrected chi connectivity index (χ1v) is 7.33. The van der Waals surface area contributed by atoms with Crippen molar-refractivity contribution in [1.82, 2.24) is 4.90 Å². The first kappa shape index (κ1) is 16.0. The molecule has 2 rings (SSSR count). The lowest BCUT2D eigenvalue weighted by Gasteiger charge is -2.36. The van der Waals surface area contributed by atoms with E-state index in [-0.39, 0.29) is 12.4 Å². The van der Waals surface area contributed by atoms with Gasteiger partial charge in [-0.15, -0.1) is 0 Å². The van der Waals surface area contributed by atoms with Gasteiger partial charge in [-0.3, -0.25) is 4.90 Å². The number of nitrogens with zero attached hydrogens (tertiary/aromatic N) is 1. The van der Waals surface area contributed by atoms with Gasteiger partial charge in [-0.25, -0.2) is 4.39 Å². The topological polar surface area (TPSA) is 43.7 Å². The van der Waals surface area contributed by atoms with Crippen LogP contribution < -0.4 is 0 Å². The lowest BCUT2D eigenvalue weighted by molar-refractivity contribution is -0.0181. The van der Waals surface area contributed by atoms with Crippen LogP contribution in [0, 0.1) is 17.7 Å². The minimum absolute atomic E-state index is 0.0167. The molecule has 114 valence electrons. The maximum absolute atomic E-state index is 13.7. The molecule has 1 atom stereocenters. The summed E-state index contributed by atoms with van der Waals surface area (Å²) in [7, 11) is 0. The largest absolute Gasteiger partial charge is 0.395 e. The van der Waals surface area contributed by atoms with Crippen molar-refractivity contribution >= 4 is 0 Å². The van der Waals surface area contributed by atoms with Crippen LogP contribution in [0.1, 0.15) is 37.3 Å². The number of aliphatic hydroxyl groups is 2. The molecular formula is C17H22FNO2. The van der Waals surface area contributed by atoms with Gasteiger partial charge < -0.3 is 10.2 Å². The average Bonchev–Trinajstić information content (AvgIpc) is 2.41. The van der Waals surface area contributed by atoms with Crippen LogP contribution in [0.4, 0.5) is 4.39 Å². The SMILES string of the molecule is CC1(O)CCCN(Cc2ccc(F)c(C#CCCO)c2)C1. The van der Waals surface area contributed by atoms with Gasteiger partial charge in [-0.05, 0) is 44.0 Å². The van der Waals surface area contributed by atoms with E-state index in [2.05, 4.69) is 16.7 Å². The van der Waals surface area contributed by atoms with Gasteiger partial charge in [-0.1, -0.05) is 17.9 Å². The van der Waals surface area contributed by atoms with Crippen LogP contribution in [0.3, 0.4) is 0 Å². The minimum Gasteiger partial charge on any atom is -0.395 e. The minimum atomic E-state index is -0.637. The normalized spacial score (nSPS) is 22.7. The zero-order chi connectivity index (χ0) is 15.3. The molecular weight excluding hydrogens is 269 g/mol. The fraction of sp³-hybridized carbons (Fsp3) is 0.529. The molecule has 1 saturated heterocycles. The van der Waals surface area contributed by atoms with Gasteiger partial charge in [-0.2, -0.15) is 0 Å². The third-order valence-electron chi connectivity index (χ3n) is 3.65. The van der Waals surface area contributed by atoms with E-state index < -0.39 is 5.60 Å². The van der Waals surface area contributed by atoms with Gasteiger partial charge in [0.05, 0.1) is 17.8 Å². The Morgan fingerprint density at radius 2 is 2.24 bits per heavy atom. The molecule has 4 heteroatoms. The van der Waals surface area contributed by atoms with Gasteiger partial charge in [0.2, 0.25) is 0 Å². The first-order valence-electron chi connectivity index (χ1n) is 7.33. The molecule has 0 bridgehead atoms. The number of hydrogen-bond acceptors (Lipinski definition) is 3. The smallest absolute Gasteiger partial charge is 0.138 e. The van der Waals surface area contributed by atoms with Gasteiger partial charge in [0, 0.05) is 19.5 Å². The average molecular weight is 291 g/mol. The molecule has 0 spiro atoms. The van der Waals surface area contributed by atoms with E-state index in [4.69, 9.17) is 5.11 Å². The van der Waals surface area contributed by atoms with Gasteiger partial charge >= 0.3 is 0 Å². The predicted molar refractivity (Wildman–Crippen MR) is 80.1 cm³/mol. The van der Waals surface area contributed by atoms with E-state index in [9.17, 15) is 9.50 Å². The van der Waals surface area contributed by atoms with Crippen LogP contribution in [0.25, 0.3) is 0 Å². The van der Waals surface area contributed by atoms with Gasteiger partial charge in [0.15, 0.2) is 0 Å². The zero-order valence-electron chi connectivity index (χ0n) is 12.4. The molecule has 1 aliphatic rings. The summed E-state index contributed by atoms with van der Waals surface area (Å²) in [5.41, 5.74) is 0.717. The van der Waals surface area contributed by atoms with Crippen LogP contribution in [-0.2, 0) is 6.54 Å². The molecule has 0 saturated carbocycles. The van der Waals surface area contributed by atoms with Crippen molar-refractivity contribution < 1.29 is 14.6 Å². The van der Waals surface area contributed by atoms with Crippen molar-refractivity contribution in [3.63, 3.8) is 0 Å². The summed E-state index contributed by atoms with van der Waals surface area (Å²) >= 11 is 0. The molecule has 0 aromatic heterocycles. The molecule has 0 aliphatic carbocycles. The Kier molecular flexibility index (Phi) is 5.35. The highest BCUT2D eigenvalue weighted by molar-refractivity contribution is 5.38. The lowest BCUT2D eigenvalue weighted by atomic mass is 9.95. The van der Waals surface area contributed by atoms with Gasteiger partial charge in [0.25, 0.3) is 0 Å². The molecule has 0 radical (unpaired) electrons. The Hall–Kier alpha value is -1.41. The predicted octanol–water partition coefficient (Wildman–Crippen LogP) is 1.91. The van der Waals surface area contributed by atoms with Crippen LogP contribution in [0.15, 0.2) is 18.2 Å². The fourth-order valence-corrected chi connectivity index (χ4v) is 2.70. The second-order valence-corrected chi connectivity index (χ2v) is 5.90. The van der Waals surface area contributed by atoms with Crippen molar-refractivity contribution in [3.05, 3.63) is 35.1 Å². The number of benzene rings is 1. The van der Waals surface area contributed by atoms with Crippen molar-refractivity contribution in [3.8, 4) is 11.8 Å². The standard InChI is InChI=1S/C17H22FNO2/c1-17(21)8-4-9-19(13-17)12-14-6-7-16(18)15(11-14)5-2-3-10-20/h6-7,11,20-21H,3-4,8-10,12-13H2,1H3. The molecule has 3 nitrogen and oxygen atoms in total. The number of piperidine rings is 1. The highest BCUT2D eigenvalue weighted by atomic mass is 19.1. The number of hydrogen-bond donors (Lipinski definition) is 2. The maximum atomic E-state index is 13.7. The molecule has 1 fully saturated rings. The van der Waals surface area contributed by atoms with E-state index in [1.165, 1.54) is 6.07 Å². The second kappa shape index (κ2) is 7.04. The third kappa shape index (κ3) is 4.82. The van der Waals surface area contributed by atoms with E-state index in [0.29, 0.717) is 25.1 Å². The Labute approximate surface area is 125 Å². The quantitative estimate of drug-likeness (QED) is 0.836. The highest BCUT2D eigenvalue weighted by Gasteiger charge is 2.28. The monoisotopic (exact) mass is 291 g/mol. The number of β-amino-alcohol motifs (C(OH)–C–C–N with tert-alkyl or cyclic N) is 1. The van der Waals surface area contributed by atoms with E-state index >= 15 is 0 Å². The second-order valence-electron chi connectivity index (χ2n) is 5.90. The Bertz CT molecular complexity index is 545. The molecule has 1 unspecified atom stereocenters. The van der Waals surface area contributed by atoms with Crippen LogP contribution in [0.5, 0.6) is 0 Å². The first-order chi connectivity index (χ1) is 10.00. The summed E-state index contributed by atoms with van der Waals surface area (Å²) in [4.78, 5) is 2.18. The summed E-state index contributed by atoms with van der Waals surface area (Å²) in [5.74, 6) is 5.16. The van der Waals surface area contributed by atoms with Crippen molar-refractivity contribution in [2.75, 3.05) is 19.7 Å². The maximum Gasteiger partial charge on any atom is 0.138 e. The van der Waals surface area contributed by atoms with Crippen LogP contribution in [0.2, 0.25) is 0 Å². The van der Waals surface area contributed by atoms with Crippen LogP contribution >= 0.6 is 0 Å². The van der Waals surface area contributed by atoms with Crippen molar-refractivity contribution in [1.29, 1.82) is 0 Å². The van der Waals surface area contributed by atoms with Crippen molar-refractivity contribution in [2.24, 2.45) is 0 Å². The molecule has 1 aromatic rings. The number of aliphatic hydroxyl groups excluding tert-OH is 1.